The average molecular weight is 1090 g/mol. The number of piperidine rings is 1. The second-order valence-electron chi connectivity index (χ2n) is 19.8. The first-order valence-electron chi connectivity index (χ1n) is 25.9. The van der Waals surface area contributed by atoms with Crippen LogP contribution in [0.25, 0.3) is 22.4 Å². The van der Waals surface area contributed by atoms with Crippen molar-refractivity contribution in [2.75, 3.05) is 83.6 Å². The first-order valence-corrected chi connectivity index (χ1v) is 25.9. The molecular formula is C54H67F4N11O9. The highest BCUT2D eigenvalue weighted by Crippen LogP contribution is 2.36. The number of nitrogens with one attached hydrogen (secondary N) is 4. The second kappa shape index (κ2) is 26.5. The molecule has 0 spiro atoms. The number of aliphatic hydroxyl groups is 1. The molecule has 0 radical (unpaired) electrons. The van der Waals surface area contributed by atoms with E-state index in [4.69, 9.17) is 23.5 Å². The van der Waals surface area contributed by atoms with Gasteiger partial charge in [-0.25, -0.2) is 4.39 Å². The number of amides is 3. The summed E-state index contributed by atoms with van der Waals surface area (Å²) in [5, 5.41) is 30.1. The Hall–Kier alpha value is -7.12. The minimum atomic E-state index is -4.58. The van der Waals surface area contributed by atoms with Crippen LogP contribution in [0.1, 0.15) is 53.2 Å². The number of ether oxygens (including phenoxy) is 4. The molecule has 8 rings (SSSR count). The smallest absolute Gasteiger partial charge is 0.406 e. The lowest BCUT2D eigenvalue weighted by Crippen LogP contribution is -2.54. The van der Waals surface area contributed by atoms with Crippen molar-refractivity contribution >= 4 is 40.0 Å². The van der Waals surface area contributed by atoms with Gasteiger partial charge in [0.15, 0.2) is 0 Å². The Bertz CT molecular complexity index is 2950. The van der Waals surface area contributed by atoms with Crippen molar-refractivity contribution in [1.82, 2.24) is 45.3 Å². The zero-order chi connectivity index (χ0) is 55.3. The molecule has 6 aromatic rings. The summed E-state index contributed by atoms with van der Waals surface area (Å²) >= 11 is 0. The van der Waals surface area contributed by atoms with Gasteiger partial charge in [0, 0.05) is 55.7 Å². The van der Waals surface area contributed by atoms with Crippen molar-refractivity contribution in [3.8, 4) is 17.3 Å². The van der Waals surface area contributed by atoms with Gasteiger partial charge in [0.1, 0.15) is 37.7 Å². The quantitative estimate of drug-likeness (QED) is 0.0364. The molecule has 420 valence electrons. The Morgan fingerprint density at radius 1 is 0.949 bits per heavy atom. The average Bonchev–Trinajstić information content (AvgIpc) is 4.20. The molecule has 1 fully saturated rings. The van der Waals surface area contributed by atoms with E-state index in [-0.39, 0.29) is 112 Å². The predicted molar refractivity (Wildman–Crippen MR) is 280 cm³/mol. The number of alkyl halides is 4. The Balaban J connectivity index is 0.684. The van der Waals surface area contributed by atoms with Crippen molar-refractivity contribution < 1.29 is 60.5 Å². The van der Waals surface area contributed by atoms with E-state index in [2.05, 4.69) is 36.5 Å². The maximum atomic E-state index is 14.9. The molecule has 0 saturated carbocycles. The van der Waals surface area contributed by atoms with E-state index >= 15 is 0 Å². The molecular weight excluding hydrogens is 1020 g/mol. The zero-order valence-corrected chi connectivity index (χ0v) is 44.1. The fourth-order valence-electron chi connectivity index (χ4n) is 9.51. The van der Waals surface area contributed by atoms with Crippen molar-refractivity contribution in [1.29, 1.82) is 0 Å². The first-order chi connectivity index (χ1) is 37.5. The molecule has 3 amide bonds. The molecule has 78 heavy (non-hydrogen) atoms. The van der Waals surface area contributed by atoms with Crippen molar-refractivity contribution in [3.63, 3.8) is 0 Å². The minimum Gasteiger partial charge on any atom is -0.489 e. The minimum absolute atomic E-state index is 0.0347. The monoisotopic (exact) mass is 1090 g/mol. The number of hydrogen-bond acceptors (Lipinski definition) is 15. The molecule has 24 heteroatoms. The van der Waals surface area contributed by atoms with Gasteiger partial charge >= 0.3 is 6.18 Å². The number of carbonyl (C=O) groups is 3. The maximum Gasteiger partial charge on any atom is 0.406 e. The Labute approximate surface area is 448 Å². The number of nitrogens with zero attached hydrogens (tertiary/aromatic N) is 7. The van der Waals surface area contributed by atoms with E-state index in [1.807, 2.05) is 80.2 Å². The normalized spacial score (nSPS) is 18.1. The third-order valence-electron chi connectivity index (χ3n) is 13.5. The van der Waals surface area contributed by atoms with Crippen LogP contribution < -0.4 is 30.9 Å². The Morgan fingerprint density at radius 3 is 2.45 bits per heavy atom. The van der Waals surface area contributed by atoms with Gasteiger partial charge in [0.2, 0.25) is 23.5 Å². The highest BCUT2D eigenvalue weighted by molar-refractivity contribution is 5.96. The molecule has 3 aromatic heterocycles. The molecule has 0 unspecified atom stereocenters. The summed E-state index contributed by atoms with van der Waals surface area (Å²) in [5.41, 5.74) is 4.80. The zero-order valence-electron chi connectivity index (χ0n) is 44.1. The van der Waals surface area contributed by atoms with Crippen LogP contribution in [-0.2, 0) is 63.0 Å². The number of rotatable bonds is 25. The van der Waals surface area contributed by atoms with E-state index in [0.717, 1.165) is 26.9 Å². The van der Waals surface area contributed by atoms with Gasteiger partial charge in [-0.2, -0.15) is 23.3 Å². The third kappa shape index (κ3) is 15.3. The van der Waals surface area contributed by atoms with Gasteiger partial charge in [0.05, 0.1) is 87.8 Å². The lowest BCUT2D eigenvalue weighted by Gasteiger charge is -2.37. The van der Waals surface area contributed by atoms with Crippen molar-refractivity contribution in [2.24, 2.45) is 5.92 Å². The number of likely N-dealkylation sites (tertiary alicyclic amines) is 1. The number of fused-ring (bicyclic) bond motifs is 2. The fourth-order valence-corrected chi connectivity index (χ4v) is 9.51. The van der Waals surface area contributed by atoms with E-state index in [0.29, 0.717) is 55.9 Å². The first kappa shape index (κ1) is 57.1. The van der Waals surface area contributed by atoms with Gasteiger partial charge in [-0.05, 0) is 66.8 Å². The number of likely N-dealkylation sites (N-methyl/N-ethyl adjacent to an activating group) is 1. The number of halogens is 4. The molecule has 3 aromatic carbocycles. The summed E-state index contributed by atoms with van der Waals surface area (Å²) in [7, 11) is 3.74. The number of anilines is 2. The van der Waals surface area contributed by atoms with Gasteiger partial charge < -0.3 is 64.2 Å². The number of aromatic nitrogens is 5. The lowest BCUT2D eigenvalue weighted by molar-refractivity contribution is -0.139. The number of carbonyl (C=O) groups excluding carboxylic acids is 3. The summed E-state index contributed by atoms with van der Waals surface area (Å²) in [6, 6.07) is 18.7. The molecule has 2 aliphatic rings. The SMILES string of the molecule is CC(C)[C@H]1C(=O)N[C@H](CO)Cc2ccc(OCc3ccc(CNC(=O)COCCOCCOCCn4cc(C(=O)NCc5nc(-c6cc7c(N[C@@H]8CCN(C)C[C@@H]8F)cccc7n6CC(F)(F)F)no5)cn4)cc3)cc2N1C. The molecule has 5 N–H and O–H groups in total. The van der Waals surface area contributed by atoms with Gasteiger partial charge in [0.25, 0.3) is 5.91 Å². The summed E-state index contributed by atoms with van der Waals surface area (Å²) in [5.74, 6) is -0.312. The predicted octanol–water partition coefficient (Wildman–Crippen LogP) is 5.27. The van der Waals surface area contributed by atoms with Crippen LogP contribution in [0.15, 0.2) is 83.6 Å². The van der Waals surface area contributed by atoms with Crippen LogP contribution in [0, 0.1) is 5.92 Å². The number of hydrogen-bond donors (Lipinski definition) is 5. The van der Waals surface area contributed by atoms with Crippen molar-refractivity contribution in [3.05, 3.63) is 107 Å². The Kier molecular flexibility index (Phi) is 19.4. The van der Waals surface area contributed by atoms with Crippen LogP contribution >= 0.6 is 0 Å². The van der Waals surface area contributed by atoms with Gasteiger partial charge in [-0.3, -0.25) is 19.1 Å². The molecule has 20 nitrogen and oxygen atoms in total. The highest BCUT2D eigenvalue weighted by atomic mass is 19.4. The van der Waals surface area contributed by atoms with Crippen LogP contribution in [0.2, 0.25) is 0 Å². The topological polar surface area (TPSA) is 225 Å². The highest BCUT2D eigenvalue weighted by Gasteiger charge is 2.34. The standard InChI is InChI=1S/C54H67F4N11O9/c1-34(2)50-53(73)62-39(30-70)22-37-12-13-40(23-46(37)67(50)4)77-31-36-10-8-35(9-11-36)25-59-48(71)32-76-21-20-75-19-18-74-17-16-68-28-38(26-61-68)52(72)60-27-49-64-51(65-78-49)47-24-41-43(63-44-14-15-66(3)29-42(44)55)6-5-7-45(41)69(47)33-54(56,57)58/h5-13,23-24,26,28,34,39,42,44,50,63,70H,14-22,25,27,29-33H2,1-4H3,(H,59,71)(H,60,72)(H,62,73)/t39-,42-,44+,50-/m0/s1. The number of aliphatic hydroxyl groups excluding tert-OH is 1. The summed E-state index contributed by atoms with van der Waals surface area (Å²) in [4.78, 5) is 46.5. The molecule has 0 bridgehead atoms. The maximum absolute atomic E-state index is 14.9. The van der Waals surface area contributed by atoms with Gasteiger partial charge in [-0.15, -0.1) is 0 Å². The van der Waals surface area contributed by atoms with E-state index in [9.17, 15) is 37.1 Å². The molecule has 4 atom stereocenters. The van der Waals surface area contributed by atoms with Crippen LogP contribution in [0.4, 0.5) is 28.9 Å². The third-order valence-corrected chi connectivity index (χ3v) is 13.5. The Morgan fingerprint density at radius 2 is 1.71 bits per heavy atom. The molecule has 0 aliphatic carbocycles. The van der Waals surface area contributed by atoms with E-state index in [1.165, 1.54) is 23.1 Å². The van der Waals surface area contributed by atoms with E-state index < -0.39 is 36.9 Å². The van der Waals surface area contributed by atoms with Gasteiger partial charge in [-0.1, -0.05) is 55.4 Å². The summed E-state index contributed by atoms with van der Waals surface area (Å²) in [6.45, 7) is 5.43. The molecule has 1 saturated heterocycles. The summed E-state index contributed by atoms with van der Waals surface area (Å²) in [6.07, 6.45) is -1.79. The second-order valence-corrected chi connectivity index (χ2v) is 19.8. The van der Waals surface area contributed by atoms with E-state index in [1.54, 1.807) is 18.2 Å². The van der Waals surface area contributed by atoms with Crippen molar-refractivity contribution in [2.45, 2.75) is 89.9 Å². The largest absolute Gasteiger partial charge is 0.489 e. The lowest BCUT2D eigenvalue weighted by atomic mass is 9.95. The molecule has 2 aliphatic heterocycles. The molecule has 5 heterocycles. The van der Waals surface area contributed by atoms with Crippen LogP contribution in [0.5, 0.6) is 5.75 Å². The number of benzene rings is 3. The summed E-state index contributed by atoms with van der Waals surface area (Å²) < 4.78 is 87.2. The fraction of sp³-hybridized carbons (Fsp3) is 0.481. The van der Waals surface area contributed by atoms with Crippen LogP contribution in [0.3, 0.4) is 0 Å². The van der Waals surface area contributed by atoms with Crippen LogP contribution in [-0.4, -0.2) is 156 Å².